The predicted octanol–water partition coefficient (Wildman–Crippen LogP) is 5.30. The Hall–Kier alpha value is -4.73. The summed E-state index contributed by atoms with van der Waals surface area (Å²) in [5.74, 6) is -0.469. The van der Waals surface area contributed by atoms with Gasteiger partial charge in [-0.25, -0.2) is 4.79 Å². The quantitative estimate of drug-likeness (QED) is 0.252. The molecule has 1 aliphatic rings. The van der Waals surface area contributed by atoms with E-state index in [0.29, 0.717) is 29.8 Å². The van der Waals surface area contributed by atoms with E-state index < -0.39 is 35.6 Å². The van der Waals surface area contributed by atoms with Crippen molar-refractivity contribution < 1.29 is 34.1 Å². The summed E-state index contributed by atoms with van der Waals surface area (Å²) in [7, 11) is 1.55. The van der Waals surface area contributed by atoms with Crippen LogP contribution < -0.4 is 15.4 Å². The predicted molar refractivity (Wildman–Crippen MR) is 162 cm³/mol. The van der Waals surface area contributed by atoms with Gasteiger partial charge < -0.3 is 35.2 Å². The van der Waals surface area contributed by atoms with Gasteiger partial charge in [0.25, 0.3) is 5.91 Å². The van der Waals surface area contributed by atoms with Crippen LogP contribution in [0.25, 0.3) is 0 Å². The van der Waals surface area contributed by atoms with Crippen molar-refractivity contribution in [1.29, 1.82) is 0 Å². The molecule has 4 rings (SSSR count). The van der Waals surface area contributed by atoms with Crippen molar-refractivity contribution >= 4 is 23.6 Å². The van der Waals surface area contributed by atoms with Gasteiger partial charge in [-0.3, -0.25) is 9.59 Å². The zero-order valence-electron chi connectivity index (χ0n) is 24.9. The number of nitrogens with one attached hydrogen (secondary N) is 2. The van der Waals surface area contributed by atoms with E-state index in [1.807, 2.05) is 0 Å². The molecule has 10 nitrogen and oxygen atoms in total. The number of ether oxygens (including phenoxy) is 2. The fourth-order valence-corrected chi connectivity index (χ4v) is 4.90. The number of alkyl carbamates (subject to hydrolysis) is 1. The summed E-state index contributed by atoms with van der Waals surface area (Å²) in [4.78, 5) is 43.0. The Bertz CT molecular complexity index is 1410. The van der Waals surface area contributed by atoms with Crippen molar-refractivity contribution in [1.82, 2.24) is 10.2 Å². The number of rotatable bonds is 10. The largest absolute Gasteiger partial charge is 0.508 e. The van der Waals surface area contributed by atoms with E-state index in [0.717, 1.165) is 6.42 Å². The van der Waals surface area contributed by atoms with E-state index in [1.165, 1.54) is 23.1 Å². The first-order valence-electron chi connectivity index (χ1n) is 14.3. The van der Waals surface area contributed by atoms with Crippen LogP contribution in [-0.4, -0.2) is 57.8 Å². The summed E-state index contributed by atoms with van der Waals surface area (Å²) < 4.78 is 10.7. The first-order valence-corrected chi connectivity index (χ1v) is 14.3. The highest BCUT2D eigenvalue weighted by molar-refractivity contribution is 5.99. The van der Waals surface area contributed by atoms with Gasteiger partial charge in [0.05, 0.1) is 7.11 Å². The first kappa shape index (κ1) is 31.2. The van der Waals surface area contributed by atoms with E-state index in [1.54, 1.807) is 82.5 Å². The average Bonchev–Trinajstić information content (AvgIpc) is 2.92. The van der Waals surface area contributed by atoms with E-state index >= 15 is 0 Å². The van der Waals surface area contributed by atoms with Crippen molar-refractivity contribution in [3.05, 3.63) is 83.9 Å². The fraction of sp³-hybridized carbons (Fsp3) is 0.364. The second-order valence-electron chi connectivity index (χ2n) is 11.6. The molecule has 2 unspecified atom stereocenters. The number of phenolic OH excluding ortho intramolecular Hbond substituents is 2. The van der Waals surface area contributed by atoms with Gasteiger partial charge in [-0.05, 0) is 88.1 Å². The van der Waals surface area contributed by atoms with Crippen molar-refractivity contribution in [2.45, 2.75) is 70.2 Å². The number of carbonyl (C=O) groups excluding carboxylic acids is 3. The summed E-state index contributed by atoms with van der Waals surface area (Å²) in [6.07, 6.45) is 1.48. The lowest BCUT2D eigenvalue weighted by Gasteiger charge is -2.43. The Kier molecular flexibility index (Phi) is 9.80. The lowest BCUT2D eigenvalue weighted by atomic mass is 9.87. The number of hydrogen-bond donors (Lipinski definition) is 4. The molecular weight excluding hydrogens is 550 g/mol. The van der Waals surface area contributed by atoms with Crippen molar-refractivity contribution in [2.24, 2.45) is 0 Å². The van der Waals surface area contributed by atoms with E-state index in [2.05, 4.69) is 10.6 Å². The number of hydrogen-bond acceptors (Lipinski definition) is 7. The summed E-state index contributed by atoms with van der Waals surface area (Å²) in [5.41, 5.74) is 0.622. The normalized spacial score (nSPS) is 14.5. The molecule has 0 spiro atoms. The molecule has 1 aliphatic carbocycles. The lowest BCUT2D eigenvalue weighted by molar-refractivity contribution is -0.145. The van der Waals surface area contributed by atoms with Gasteiger partial charge in [-0.1, -0.05) is 30.3 Å². The molecule has 2 atom stereocenters. The Balaban J connectivity index is 1.74. The number of methoxy groups -OCH3 is 1. The van der Waals surface area contributed by atoms with Crippen LogP contribution in [0.5, 0.6) is 17.2 Å². The lowest BCUT2D eigenvalue weighted by Crippen LogP contribution is -2.57. The summed E-state index contributed by atoms with van der Waals surface area (Å²) in [6, 6.07) is 16.9. The number of nitrogens with zero attached hydrogens (tertiary/aromatic N) is 1. The summed E-state index contributed by atoms with van der Waals surface area (Å²) in [5, 5.41) is 26.3. The Labute approximate surface area is 251 Å². The standard InChI is InChI=1S/C33H39N3O7/c1-33(2,3)43-32(41)35-27(20-21-12-16-24(37)17-13-21)31(40)36(23-8-7-9-23)29(26-10-5-6-11-28(26)38)30(39)34-22-14-18-25(42-4)19-15-22/h5-6,10-19,23,27,29,37-38H,7-9,20H2,1-4H3,(H,34,39)(H,35,41). The van der Waals surface area contributed by atoms with Crippen molar-refractivity contribution in [3.63, 3.8) is 0 Å². The maximum Gasteiger partial charge on any atom is 0.408 e. The molecule has 0 heterocycles. The highest BCUT2D eigenvalue weighted by Gasteiger charge is 2.43. The molecule has 1 fully saturated rings. The molecule has 1 saturated carbocycles. The number of phenols is 2. The molecule has 0 radical (unpaired) electrons. The molecule has 43 heavy (non-hydrogen) atoms. The van der Waals surface area contributed by atoms with Crippen molar-refractivity contribution in [2.75, 3.05) is 12.4 Å². The minimum atomic E-state index is -1.20. The molecule has 0 aromatic heterocycles. The van der Waals surface area contributed by atoms with Crippen LogP contribution in [-0.2, 0) is 20.7 Å². The van der Waals surface area contributed by atoms with Crippen LogP contribution in [0, 0.1) is 0 Å². The second-order valence-corrected chi connectivity index (χ2v) is 11.6. The third kappa shape index (κ3) is 8.18. The Morgan fingerprint density at radius 2 is 1.60 bits per heavy atom. The molecule has 0 saturated heterocycles. The minimum Gasteiger partial charge on any atom is -0.508 e. The number of para-hydroxylation sites is 1. The number of amides is 3. The van der Waals surface area contributed by atoms with Crippen LogP contribution >= 0.6 is 0 Å². The number of anilines is 1. The maximum absolute atomic E-state index is 14.5. The van der Waals surface area contributed by atoms with Crippen LogP contribution in [0.1, 0.15) is 57.2 Å². The smallest absolute Gasteiger partial charge is 0.408 e. The highest BCUT2D eigenvalue weighted by Crippen LogP contribution is 2.37. The van der Waals surface area contributed by atoms with E-state index in [4.69, 9.17) is 9.47 Å². The van der Waals surface area contributed by atoms with E-state index in [-0.39, 0.29) is 29.5 Å². The zero-order valence-corrected chi connectivity index (χ0v) is 24.9. The van der Waals surface area contributed by atoms with Gasteiger partial charge in [0.1, 0.15) is 34.9 Å². The molecule has 4 N–H and O–H groups in total. The van der Waals surface area contributed by atoms with Crippen LogP contribution in [0.2, 0.25) is 0 Å². The first-order chi connectivity index (χ1) is 20.4. The SMILES string of the molecule is COc1ccc(NC(=O)C(c2ccccc2O)N(C(=O)C(Cc2ccc(O)cc2)NC(=O)OC(C)(C)C)C2CCC2)cc1. The Morgan fingerprint density at radius 1 is 0.953 bits per heavy atom. The minimum absolute atomic E-state index is 0.0673. The van der Waals surface area contributed by atoms with Gasteiger partial charge in [0, 0.05) is 23.7 Å². The highest BCUT2D eigenvalue weighted by atomic mass is 16.6. The van der Waals surface area contributed by atoms with Gasteiger partial charge in [0.2, 0.25) is 5.91 Å². The molecule has 3 amide bonds. The monoisotopic (exact) mass is 589 g/mol. The average molecular weight is 590 g/mol. The zero-order chi connectivity index (χ0) is 31.1. The Morgan fingerprint density at radius 3 is 2.16 bits per heavy atom. The molecule has 228 valence electrons. The number of benzene rings is 3. The van der Waals surface area contributed by atoms with Crippen molar-refractivity contribution in [3.8, 4) is 17.2 Å². The molecule has 0 bridgehead atoms. The van der Waals surface area contributed by atoms with Gasteiger partial charge in [-0.2, -0.15) is 0 Å². The van der Waals surface area contributed by atoms with Crippen LogP contribution in [0.4, 0.5) is 10.5 Å². The summed E-state index contributed by atoms with van der Waals surface area (Å²) in [6.45, 7) is 5.17. The number of carbonyl (C=O) groups is 3. The number of aromatic hydroxyl groups is 2. The third-order valence-electron chi connectivity index (χ3n) is 7.20. The van der Waals surface area contributed by atoms with Gasteiger partial charge in [0.15, 0.2) is 0 Å². The second kappa shape index (κ2) is 13.5. The summed E-state index contributed by atoms with van der Waals surface area (Å²) >= 11 is 0. The topological polar surface area (TPSA) is 137 Å². The van der Waals surface area contributed by atoms with Crippen LogP contribution in [0.3, 0.4) is 0 Å². The molecule has 3 aromatic carbocycles. The van der Waals surface area contributed by atoms with Crippen LogP contribution in [0.15, 0.2) is 72.8 Å². The molecule has 3 aromatic rings. The molecular formula is C33H39N3O7. The van der Waals surface area contributed by atoms with E-state index in [9.17, 15) is 24.6 Å². The van der Waals surface area contributed by atoms with Gasteiger partial charge >= 0.3 is 6.09 Å². The molecule has 10 heteroatoms. The van der Waals surface area contributed by atoms with Gasteiger partial charge in [-0.15, -0.1) is 0 Å². The fourth-order valence-electron chi connectivity index (χ4n) is 4.90. The maximum atomic E-state index is 14.5. The third-order valence-corrected chi connectivity index (χ3v) is 7.20. The molecule has 0 aliphatic heterocycles.